The van der Waals surface area contributed by atoms with Crippen molar-refractivity contribution in [2.45, 2.75) is 154 Å². The van der Waals surface area contributed by atoms with Crippen LogP contribution in [0, 0.1) is 5.92 Å². The van der Waals surface area contributed by atoms with E-state index in [0.29, 0.717) is 0 Å². The number of unbranched alkanes of at least 4 members (excludes halogenated alkanes) is 12. The van der Waals surface area contributed by atoms with Crippen molar-refractivity contribution in [1.82, 2.24) is 0 Å². The molecule has 6 N–H and O–H groups in total. The van der Waals surface area contributed by atoms with Crippen molar-refractivity contribution in [3.05, 3.63) is 0 Å². The smallest absolute Gasteiger partial charge is 0.00967 e. The molecule has 0 aliphatic rings. The zero-order chi connectivity index (χ0) is 21.0. The molecular weight excluding hydrogens is 342 g/mol. The van der Waals surface area contributed by atoms with Crippen LogP contribution < -0.4 is 17.2 Å². The van der Waals surface area contributed by atoms with Gasteiger partial charge in [-0.1, -0.05) is 117 Å². The molecule has 28 heavy (non-hydrogen) atoms. The van der Waals surface area contributed by atoms with Crippen LogP contribution in [0.5, 0.6) is 0 Å². The Hall–Kier alpha value is -0.120. The van der Waals surface area contributed by atoms with Crippen LogP contribution >= 0.6 is 0 Å². The number of hydrogen-bond donors (Lipinski definition) is 3. The largest absolute Gasteiger partial charge is 0.327 e. The van der Waals surface area contributed by atoms with E-state index < -0.39 is 0 Å². The molecular formula is C25H55N3. The molecule has 170 valence electrons. The van der Waals surface area contributed by atoms with Gasteiger partial charge in [0, 0.05) is 24.0 Å². The van der Waals surface area contributed by atoms with Gasteiger partial charge in [0.2, 0.25) is 0 Å². The van der Waals surface area contributed by atoms with E-state index >= 15 is 0 Å². The predicted molar refractivity (Wildman–Crippen MR) is 128 cm³/mol. The minimum absolute atomic E-state index is 0.165. The zero-order valence-corrected chi connectivity index (χ0v) is 19.8. The van der Waals surface area contributed by atoms with E-state index in [9.17, 15) is 0 Å². The van der Waals surface area contributed by atoms with Gasteiger partial charge < -0.3 is 17.2 Å². The van der Waals surface area contributed by atoms with Crippen LogP contribution in [0.25, 0.3) is 0 Å². The van der Waals surface area contributed by atoms with Gasteiger partial charge in [-0.15, -0.1) is 0 Å². The molecule has 0 aromatic rings. The minimum Gasteiger partial charge on any atom is -0.327 e. The van der Waals surface area contributed by atoms with Crippen LogP contribution in [-0.2, 0) is 0 Å². The van der Waals surface area contributed by atoms with Crippen LogP contribution in [0.2, 0.25) is 0 Å². The SMILES string of the molecule is CCCCCCCC(N)C(C(N)CCCCCCC)C(N)CCCCCCC. The molecule has 3 heteroatoms. The van der Waals surface area contributed by atoms with E-state index in [1.165, 1.54) is 96.3 Å². The van der Waals surface area contributed by atoms with Crippen LogP contribution in [0.1, 0.15) is 136 Å². The average Bonchev–Trinajstić information content (AvgIpc) is 2.67. The Bertz CT molecular complexity index is 261. The Morgan fingerprint density at radius 2 is 0.643 bits per heavy atom. The minimum atomic E-state index is 0.165. The Kier molecular flexibility index (Phi) is 20.1. The normalized spacial score (nSPS) is 16.1. The van der Waals surface area contributed by atoms with Gasteiger partial charge in [-0.2, -0.15) is 0 Å². The molecule has 0 aliphatic carbocycles. The van der Waals surface area contributed by atoms with E-state index in [4.69, 9.17) is 17.2 Å². The Morgan fingerprint density at radius 3 is 0.893 bits per heavy atom. The summed E-state index contributed by atoms with van der Waals surface area (Å²) in [6, 6.07) is 0.494. The lowest BCUT2D eigenvalue weighted by Crippen LogP contribution is -2.52. The first-order valence-electron chi connectivity index (χ1n) is 12.8. The van der Waals surface area contributed by atoms with Crippen molar-refractivity contribution in [1.29, 1.82) is 0 Å². The van der Waals surface area contributed by atoms with Gasteiger partial charge in [-0.3, -0.25) is 0 Å². The topological polar surface area (TPSA) is 78.1 Å². The number of nitrogens with two attached hydrogens (primary N) is 3. The Morgan fingerprint density at radius 1 is 0.393 bits per heavy atom. The quantitative estimate of drug-likeness (QED) is 0.189. The van der Waals surface area contributed by atoms with Gasteiger partial charge in [0.15, 0.2) is 0 Å². The first-order chi connectivity index (χ1) is 13.6. The van der Waals surface area contributed by atoms with E-state index in [1.54, 1.807) is 0 Å². The van der Waals surface area contributed by atoms with Crippen molar-refractivity contribution in [3.63, 3.8) is 0 Å². The van der Waals surface area contributed by atoms with Crippen LogP contribution in [0.4, 0.5) is 0 Å². The maximum atomic E-state index is 6.68. The fraction of sp³-hybridized carbons (Fsp3) is 1.00. The van der Waals surface area contributed by atoms with E-state index in [-0.39, 0.29) is 24.0 Å². The molecule has 0 bridgehead atoms. The summed E-state index contributed by atoms with van der Waals surface area (Å²) in [5.74, 6) is 0.281. The molecule has 3 atom stereocenters. The van der Waals surface area contributed by atoms with E-state index in [0.717, 1.165) is 19.3 Å². The summed E-state index contributed by atoms with van der Waals surface area (Å²) < 4.78 is 0. The summed E-state index contributed by atoms with van der Waals surface area (Å²) in [6.45, 7) is 6.79. The highest BCUT2D eigenvalue weighted by atomic mass is 14.8. The zero-order valence-electron chi connectivity index (χ0n) is 19.8. The van der Waals surface area contributed by atoms with Gasteiger partial charge in [-0.05, 0) is 19.3 Å². The Labute approximate surface area is 178 Å². The van der Waals surface area contributed by atoms with Gasteiger partial charge >= 0.3 is 0 Å². The van der Waals surface area contributed by atoms with Gasteiger partial charge in [0.05, 0.1) is 0 Å². The maximum Gasteiger partial charge on any atom is 0.00967 e. The molecule has 3 nitrogen and oxygen atoms in total. The second-order valence-electron chi connectivity index (χ2n) is 9.18. The number of rotatable bonds is 21. The lowest BCUT2D eigenvalue weighted by atomic mass is 9.79. The third-order valence-electron chi connectivity index (χ3n) is 6.41. The van der Waals surface area contributed by atoms with Gasteiger partial charge in [-0.25, -0.2) is 0 Å². The summed E-state index contributed by atoms with van der Waals surface area (Å²) >= 11 is 0. The van der Waals surface area contributed by atoms with Crippen molar-refractivity contribution in [3.8, 4) is 0 Å². The van der Waals surface area contributed by atoms with Crippen molar-refractivity contribution < 1.29 is 0 Å². The fourth-order valence-electron chi connectivity index (χ4n) is 4.48. The molecule has 0 aromatic heterocycles. The molecule has 0 saturated carbocycles. The highest BCUT2D eigenvalue weighted by molar-refractivity contribution is 4.89. The van der Waals surface area contributed by atoms with E-state index in [2.05, 4.69) is 20.8 Å². The summed E-state index contributed by atoms with van der Waals surface area (Å²) in [5.41, 5.74) is 20.0. The first kappa shape index (κ1) is 27.9. The van der Waals surface area contributed by atoms with Gasteiger partial charge in [0.1, 0.15) is 0 Å². The van der Waals surface area contributed by atoms with Crippen LogP contribution in [0.3, 0.4) is 0 Å². The average molecular weight is 398 g/mol. The highest BCUT2D eigenvalue weighted by Gasteiger charge is 2.29. The fourth-order valence-corrected chi connectivity index (χ4v) is 4.48. The van der Waals surface area contributed by atoms with Crippen molar-refractivity contribution >= 4 is 0 Å². The van der Waals surface area contributed by atoms with Crippen LogP contribution in [-0.4, -0.2) is 18.1 Å². The second kappa shape index (κ2) is 20.2. The molecule has 0 aliphatic heterocycles. The third kappa shape index (κ3) is 14.8. The summed E-state index contributed by atoms with van der Waals surface area (Å²) in [7, 11) is 0. The Balaban J connectivity index is 4.48. The molecule has 0 fully saturated rings. The lowest BCUT2D eigenvalue weighted by Gasteiger charge is -2.34. The molecule has 0 rings (SSSR count). The molecule has 0 heterocycles. The first-order valence-corrected chi connectivity index (χ1v) is 12.8. The molecule has 0 radical (unpaired) electrons. The summed E-state index contributed by atoms with van der Waals surface area (Å²) in [5, 5.41) is 0. The van der Waals surface area contributed by atoms with E-state index in [1.807, 2.05) is 0 Å². The molecule has 3 unspecified atom stereocenters. The van der Waals surface area contributed by atoms with Crippen molar-refractivity contribution in [2.24, 2.45) is 23.1 Å². The standard InChI is InChI=1S/C25H55N3/c1-4-7-10-13-16-19-22(26)25(23(27)20-17-14-11-8-5-2)24(28)21-18-15-12-9-6-3/h22-25H,4-21,26-28H2,1-3H3. The summed E-state index contributed by atoms with van der Waals surface area (Å²) in [6.07, 6.45) is 22.7. The summed E-state index contributed by atoms with van der Waals surface area (Å²) in [4.78, 5) is 0. The molecule has 0 spiro atoms. The molecule has 0 amide bonds. The maximum absolute atomic E-state index is 6.68. The second-order valence-corrected chi connectivity index (χ2v) is 9.18. The molecule has 0 aromatic carbocycles. The number of hydrogen-bond acceptors (Lipinski definition) is 3. The highest BCUT2D eigenvalue weighted by Crippen LogP contribution is 2.23. The van der Waals surface area contributed by atoms with Crippen LogP contribution in [0.15, 0.2) is 0 Å². The van der Waals surface area contributed by atoms with Crippen molar-refractivity contribution in [2.75, 3.05) is 0 Å². The van der Waals surface area contributed by atoms with Gasteiger partial charge in [0.25, 0.3) is 0 Å². The lowest BCUT2D eigenvalue weighted by molar-refractivity contribution is 0.252. The third-order valence-corrected chi connectivity index (χ3v) is 6.41. The monoisotopic (exact) mass is 397 g/mol. The predicted octanol–water partition coefficient (Wildman–Crippen LogP) is 6.67. The molecule has 0 saturated heterocycles.